The Balaban J connectivity index is 2.12. The van der Waals surface area contributed by atoms with Crippen LogP contribution in [0.15, 0.2) is 6.07 Å². The van der Waals surface area contributed by atoms with Gasteiger partial charge >= 0.3 is 5.69 Å². The average molecular weight is 396 g/mol. The summed E-state index contributed by atoms with van der Waals surface area (Å²) in [5.41, 5.74) is -0.634. The van der Waals surface area contributed by atoms with Gasteiger partial charge in [-0.25, -0.2) is 0 Å². The first-order valence-electron chi connectivity index (χ1n) is 9.31. The van der Waals surface area contributed by atoms with E-state index in [4.69, 9.17) is 18.9 Å². The van der Waals surface area contributed by atoms with E-state index in [0.29, 0.717) is 12.5 Å². The number of rotatable bonds is 9. The molecule has 1 fully saturated rings. The molecule has 1 aliphatic rings. The van der Waals surface area contributed by atoms with E-state index in [9.17, 15) is 14.9 Å². The molecular weight excluding hydrogens is 368 g/mol. The molecule has 2 unspecified atom stereocenters. The second kappa shape index (κ2) is 10.1. The fraction of sp³-hybridized carbons (Fsp3) is 0.632. The summed E-state index contributed by atoms with van der Waals surface area (Å²) in [6.45, 7) is 2.76. The number of nitro groups is 1. The van der Waals surface area contributed by atoms with Crippen molar-refractivity contribution < 1.29 is 28.7 Å². The predicted octanol–water partition coefficient (Wildman–Crippen LogP) is 2.95. The molecule has 9 nitrogen and oxygen atoms in total. The molecule has 0 aromatic heterocycles. The zero-order chi connectivity index (χ0) is 20.7. The van der Waals surface area contributed by atoms with Crippen molar-refractivity contribution in [1.82, 2.24) is 5.32 Å². The van der Waals surface area contributed by atoms with Gasteiger partial charge in [-0.1, -0.05) is 19.8 Å². The number of carbonyl (C=O) groups excluding carboxylic acids is 1. The summed E-state index contributed by atoms with van der Waals surface area (Å²) in [6, 6.07) is 1.28. The predicted molar refractivity (Wildman–Crippen MR) is 102 cm³/mol. The number of nitrogens with one attached hydrogen (secondary N) is 1. The van der Waals surface area contributed by atoms with E-state index in [-0.39, 0.29) is 35.5 Å². The Morgan fingerprint density at radius 1 is 1.18 bits per heavy atom. The van der Waals surface area contributed by atoms with Crippen molar-refractivity contribution in [1.29, 1.82) is 0 Å². The number of methoxy groups -OCH3 is 3. The molecule has 2 atom stereocenters. The van der Waals surface area contributed by atoms with Crippen LogP contribution in [-0.4, -0.2) is 51.4 Å². The third kappa shape index (κ3) is 4.83. The summed E-state index contributed by atoms with van der Waals surface area (Å²) in [6.07, 6.45) is 4.74. The Kier molecular flexibility index (Phi) is 7.86. The van der Waals surface area contributed by atoms with Crippen molar-refractivity contribution in [3.05, 3.63) is 21.7 Å². The SMILES string of the molecule is COc1cc(C(=O)NCCOC2CCCCC2C)c([N+](=O)[O-])c(OC)c1OC. The first-order valence-corrected chi connectivity index (χ1v) is 9.31. The van der Waals surface area contributed by atoms with Gasteiger partial charge in [-0.3, -0.25) is 14.9 Å². The molecule has 1 amide bonds. The highest BCUT2D eigenvalue weighted by Gasteiger charge is 2.32. The summed E-state index contributed by atoms with van der Waals surface area (Å²) >= 11 is 0. The third-order valence-electron chi connectivity index (χ3n) is 4.98. The number of hydrogen-bond donors (Lipinski definition) is 1. The summed E-state index contributed by atoms with van der Waals surface area (Å²) in [5, 5.41) is 14.2. The van der Waals surface area contributed by atoms with Crippen LogP contribution < -0.4 is 19.5 Å². The quantitative estimate of drug-likeness (QED) is 0.388. The second-order valence-electron chi connectivity index (χ2n) is 6.73. The lowest BCUT2D eigenvalue weighted by atomic mass is 9.88. The Labute approximate surface area is 164 Å². The second-order valence-corrected chi connectivity index (χ2v) is 6.73. The molecule has 0 spiro atoms. The van der Waals surface area contributed by atoms with E-state index in [1.807, 2.05) is 0 Å². The fourth-order valence-electron chi connectivity index (χ4n) is 3.50. The van der Waals surface area contributed by atoms with Crippen molar-refractivity contribution in [2.45, 2.75) is 38.7 Å². The molecule has 9 heteroatoms. The maximum absolute atomic E-state index is 12.6. The Morgan fingerprint density at radius 3 is 2.43 bits per heavy atom. The Bertz CT molecular complexity index is 708. The summed E-state index contributed by atoms with van der Waals surface area (Å²) in [7, 11) is 3.99. The van der Waals surface area contributed by atoms with Crippen LogP contribution >= 0.6 is 0 Å². The van der Waals surface area contributed by atoms with Gasteiger partial charge in [0, 0.05) is 12.6 Å². The van der Waals surface area contributed by atoms with E-state index in [2.05, 4.69) is 12.2 Å². The largest absolute Gasteiger partial charge is 0.493 e. The zero-order valence-corrected chi connectivity index (χ0v) is 16.8. The zero-order valence-electron chi connectivity index (χ0n) is 16.8. The molecule has 0 saturated heterocycles. The molecule has 0 heterocycles. The van der Waals surface area contributed by atoms with E-state index < -0.39 is 16.5 Å². The van der Waals surface area contributed by atoms with Gasteiger partial charge in [-0.15, -0.1) is 0 Å². The molecule has 1 N–H and O–H groups in total. The molecule has 28 heavy (non-hydrogen) atoms. The average Bonchev–Trinajstić information content (AvgIpc) is 2.70. The van der Waals surface area contributed by atoms with E-state index in [1.54, 1.807) is 0 Å². The number of nitrogens with zero attached hydrogens (tertiary/aromatic N) is 1. The number of nitro benzene ring substituents is 1. The molecule has 1 saturated carbocycles. The molecule has 0 bridgehead atoms. The van der Waals surface area contributed by atoms with Crippen molar-refractivity contribution in [3.8, 4) is 17.2 Å². The van der Waals surface area contributed by atoms with Crippen LogP contribution in [0.1, 0.15) is 43.0 Å². The van der Waals surface area contributed by atoms with Crippen molar-refractivity contribution >= 4 is 11.6 Å². The van der Waals surface area contributed by atoms with Crippen molar-refractivity contribution in [3.63, 3.8) is 0 Å². The van der Waals surface area contributed by atoms with Crippen LogP contribution in [0.4, 0.5) is 5.69 Å². The molecule has 2 rings (SSSR count). The van der Waals surface area contributed by atoms with Gasteiger partial charge < -0.3 is 24.3 Å². The highest BCUT2D eigenvalue weighted by atomic mass is 16.6. The monoisotopic (exact) mass is 396 g/mol. The van der Waals surface area contributed by atoms with E-state index in [1.165, 1.54) is 33.8 Å². The maximum atomic E-state index is 12.6. The maximum Gasteiger partial charge on any atom is 0.327 e. The minimum Gasteiger partial charge on any atom is -0.493 e. The summed E-state index contributed by atoms with van der Waals surface area (Å²) < 4.78 is 21.3. The molecule has 1 aromatic carbocycles. The van der Waals surface area contributed by atoms with Gasteiger partial charge in [0.1, 0.15) is 5.56 Å². The lowest BCUT2D eigenvalue weighted by Gasteiger charge is -2.28. The molecular formula is C19H28N2O7. The lowest BCUT2D eigenvalue weighted by Crippen LogP contribution is -2.32. The Morgan fingerprint density at radius 2 is 1.86 bits per heavy atom. The number of carbonyl (C=O) groups is 1. The van der Waals surface area contributed by atoms with Gasteiger partial charge in [-0.05, 0) is 18.8 Å². The van der Waals surface area contributed by atoms with Crippen molar-refractivity contribution in [2.24, 2.45) is 5.92 Å². The normalized spacial score (nSPS) is 19.0. The fourth-order valence-corrected chi connectivity index (χ4v) is 3.50. The lowest BCUT2D eigenvalue weighted by molar-refractivity contribution is -0.386. The minimum atomic E-state index is -0.671. The van der Waals surface area contributed by atoms with Crippen LogP contribution in [0.2, 0.25) is 0 Å². The van der Waals surface area contributed by atoms with E-state index >= 15 is 0 Å². The number of benzene rings is 1. The topological polar surface area (TPSA) is 109 Å². The first-order chi connectivity index (χ1) is 13.4. The van der Waals surface area contributed by atoms with Gasteiger partial charge in [-0.2, -0.15) is 0 Å². The number of amides is 1. The third-order valence-corrected chi connectivity index (χ3v) is 4.98. The number of ether oxygens (including phenoxy) is 4. The highest BCUT2D eigenvalue weighted by molar-refractivity contribution is 6.00. The molecule has 156 valence electrons. The van der Waals surface area contributed by atoms with Gasteiger partial charge in [0.25, 0.3) is 5.91 Å². The smallest absolute Gasteiger partial charge is 0.327 e. The molecule has 1 aromatic rings. The number of hydrogen-bond acceptors (Lipinski definition) is 7. The highest BCUT2D eigenvalue weighted by Crippen LogP contribution is 2.46. The standard InChI is InChI=1S/C19H28N2O7/c1-12-7-5-6-8-14(12)28-10-9-20-19(22)13-11-15(25-2)17(26-3)18(27-4)16(13)21(23)24/h11-12,14H,5-10H2,1-4H3,(H,20,22). The van der Waals surface area contributed by atoms with Crippen LogP contribution in [-0.2, 0) is 4.74 Å². The first kappa shape index (κ1) is 21.7. The van der Waals surface area contributed by atoms with Gasteiger partial charge in [0.2, 0.25) is 11.5 Å². The summed E-state index contributed by atoms with van der Waals surface area (Å²) in [5.74, 6) is -0.0403. The molecule has 0 aliphatic heterocycles. The van der Waals surface area contributed by atoms with Crippen LogP contribution in [0.3, 0.4) is 0 Å². The summed E-state index contributed by atoms with van der Waals surface area (Å²) in [4.78, 5) is 23.5. The van der Waals surface area contributed by atoms with E-state index in [0.717, 1.165) is 19.3 Å². The molecule has 0 radical (unpaired) electrons. The van der Waals surface area contributed by atoms with Gasteiger partial charge in [0.15, 0.2) is 5.75 Å². The Hall–Kier alpha value is -2.55. The van der Waals surface area contributed by atoms with Crippen LogP contribution in [0.25, 0.3) is 0 Å². The van der Waals surface area contributed by atoms with Crippen molar-refractivity contribution in [2.75, 3.05) is 34.5 Å². The van der Waals surface area contributed by atoms with Gasteiger partial charge in [0.05, 0.1) is 39.0 Å². The van der Waals surface area contributed by atoms with Crippen LogP contribution in [0.5, 0.6) is 17.2 Å². The minimum absolute atomic E-state index is 0.0582. The van der Waals surface area contributed by atoms with Crippen LogP contribution in [0, 0.1) is 16.0 Å². The molecule has 1 aliphatic carbocycles.